The lowest BCUT2D eigenvalue weighted by atomic mass is 9.77. The summed E-state index contributed by atoms with van der Waals surface area (Å²) in [5.74, 6) is 2.23. The minimum absolute atomic E-state index is 0.567. The van der Waals surface area contributed by atoms with Gasteiger partial charge in [0, 0.05) is 24.4 Å². The summed E-state index contributed by atoms with van der Waals surface area (Å²) >= 11 is 0. The Kier molecular flexibility index (Phi) is 9.01. The SMILES string of the molecule is [CH2]CCNCC1CCC(CCCCCCc2cccc(OC)c2)c2cccnc21. The second kappa shape index (κ2) is 12.0. The van der Waals surface area contributed by atoms with Crippen molar-refractivity contribution >= 4 is 0 Å². The number of rotatable bonds is 12. The summed E-state index contributed by atoms with van der Waals surface area (Å²) in [5, 5.41) is 3.54. The van der Waals surface area contributed by atoms with E-state index >= 15 is 0 Å². The molecule has 2 aromatic rings. The molecule has 1 aromatic carbocycles. The number of ether oxygens (including phenoxy) is 1. The van der Waals surface area contributed by atoms with Crippen LogP contribution in [0.15, 0.2) is 42.6 Å². The third-order valence-corrected chi connectivity index (χ3v) is 6.21. The van der Waals surface area contributed by atoms with E-state index in [4.69, 9.17) is 9.72 Å². The molecule has 3 nitrogen and oxygen atoms in total. The Morgan fingerprint density at radius 3 is 2.79 bits per heavy atom. The van der Waals surface area contributed by atoms with E-state index in [9.17, 15) is 0 Å². The smallest absolute Gasteiger partial charge is 0.119 e. The van der Waals surface area contributed by atoms with Gasteiger partial charge in [-0.2, -0.15) is 0 Å². The largest absolute Gasteiger partial charge is 0.497 e. The van der Waals surface area contributed by atoms with Gasteiger partial charge < -0.3 is 10.1 Å². The van der Waals surface area contributed by atoms with Gasteiger partial charge in [0.1, 0.15) is 5.75 Å². The first-order chi connectivity index (χ1) is 14.3. The minimum atomic E-state index is 0.567. The van der Waals surface area contributed by atoms with Gasteiger partial charge in [-0.15, -0.1) is 0 Å². The molecule has 3 heteroatoms. The Labute approximate surface area is 177 Å². The molecule has 2 atom stereocenters. The van der Waals surface area contributed by atoms with Crippen LogP contribution in [-0.2, 0) is 6.42 Å². The van der Waals surface area contributed by atoms with Gasteiger partial charge in [0.25, 0.3) is 0 Å². The number of pyridine rings is 1. The summed E-state index contributed by atoms with van der Waals surface area (Å²) in [5.41, 5.74) is 4.24. The first-order valence-corrected chi connectivity index (χ1v) is 11.4. The Morgan fingerprint density at radius 2 is 1.93 bits per heavy atom. The Morgan fingerprint density at radius 1 is 1.07 bits per heavy atom. The van der Waals surface area contributed by atoms with Gasteiger partial charge in [-0.1, -0.05) is 44.4 Å². The van der Waals surface area contributed by atoms with Crippen LogP contribution in [-0.4, -0.2) is 25.2 Å². The number of hydrogen-bond acceptors (Lipinski definition) is 3. The fourth-order valence-electron chi connectivity index (χ4n) is 4.61. The van der Waals surface area contributed by atoms with Gasteiger partial charge in [-0.3, -0.25) is 4.98 Å². The predicted octanol–water partition coefficient (Wildman–Crippen LogP) is 6.06. The molecule has 157 valence electrons. The number of hydrogen-bond donors (Lipinski definition) is 1. The maximum Gasteiger partial charge on any atom is 0.119 e. The molecule has 0 amide bonds. The molecule has 1 N–H and O–H groups in total. The molecule has 0 fully saturated rings. The number of unbranched alkanes of at least 4 members (excludes halogenated alkanes) is 3. The van der Waals surface area contributed by atoms with Crippen LogP contribution >= 0.6 is 0 Å². The molecule has 2 unspecified atom stereocenters. The quantitative estimate of drug-likeness (QED) is 0.445. The van der Waals surface area contributed by atoms with E-state index in [0.29, 0.717) is 11.8 Å². The molecule has 1 heterocycles. The molecule has 0 bridgehead atoms. The third kappa shape index (κ3) is 6.57. The summed E-state index contributed by atoms with van der Waals surface area (Å²) in [7, 11) is 1.74. The van der Waals surface area contributed by atoms with Crippen LogP contribution in [0.5, 0.6) is 5.75 Å². The number of methoxy groups -OCH3 is 1. The monoisotopic (exact) mass is 393 g/mol. The van der Waals surface area contributed by atoms with Crippen LogP contribution in [0.4, 0.5) is 0 Å². The first kappa shape index (κ1) is 21.8. The van der Waals surface area contributed by atoms with Crippen molar-refractivity contribution in [3.05, 3.63) is 66.3 Å². The normalized spacial score (nSPS) is 18.4. The lowest BCUT2D eigenvalue weighted by Crippen LogP contribution is -2.27. The Bertz CT molecular complexity index is 730. The fraction of sp³-hybridized carbons (Fsp3) is 0.538. The molecular weight excluding hydrogens is 356 g/mol. The van der Waals surface area contributed by atoms with Crippen LogP contribution in [0, 0.1) is 6.92 Å². The van der Waals surface area contributed by atoms with Crippen molar-refractivity contribution in [3.8, 4) is 5.75 Å². The van der Waals surface area contributed by atoms with Crippen LogP contribution in [0.2, 0.25) is 0 Å². The van der Waals surface area contributed by atoms with Gasteiger partial charge in [-0.05, 0) is 80.3 Å². The van der Waals surface area contributed by atoms with Gasteiger partial charge in [0.2, 0.25) is 0 Å². The molecule has 1 radical (unpaired) electrons. The van der Waals surface area contributed by atoms with Crippen LogP contribution < -0.4 is 10.1 Å². The summed E-state index contributed by atoms with van der Waals surface area (Å²) in [6, 6.07) is 12.9. The average Bonchev–Trinajstić information content (AvgIpc) is 2.77. The molecule has 1 aromatic heterocycles. The van der Waals surface area contributed by atoms with Crippen molar-refractivity contribution in [2.75, 3.05) is 20.2 Å². The van der Waals surface area contributed by atoms with E-state index in [1.807, 2.05) is 12.3 Å². The van der Waals surface area contributed by atoms with Gasteiger partial charge in [0.05, 0.1) is 7.11 Å². The highest BCUT2D eigenvalue weighted by Crippen LogP contribution is 2.39. The van der Waals surface area contributed by atoms with Gasteiger partial charge in [-0.25, -0.2) is 0 Å². The van der Waals surface area contributed by atoms with E-state index in [0.717, 1.165) is 31.7 Å². The van der Waals surface area contributed by atoms with E-state index in [1.54, 1.807) is 7.11 Å². The molecule has 0 saturated heterocycles. The maximum atomic E-state index is 5.32. The summed E-state index contributed by atoms with van der Waals surface area (Å²) in [6.45, 7) is 5.96. The standard InChI is InChI=1S/C26H37N2O/c1-3-17-27-20-23-16-15-22(25-14-9-18-28-26(23)25)12-7-5-4-6-10-21-11-8-13-24(19-21)29-2/h8-9,11,13-14,18-19,22-23,27H,1,3-7,10,12,15-17,20H2,2H3. The maximum absolute atomic E-state index is 5.32. The number of fused-ring (bicyclic) bond motifs is 1. The zero-order valence-electron chi connectivity index (χ0n) is 18.0. The number of nitrogens with one attached hydrogen (secondary N) is 1. The molecule has 1 aliphatic rings. The van der Waals surface area contributed by atoms with E-state index < -0.39 is 0 Å². The van der Waals surface area contributed by atoms with E-state index in [2.05, 4.69) is 42.6 Å². The molecule has 29 heavy (non-hydrogen) atoms. The predicted molar refractivity (Wildman–Crippen MR) is 122 cm³/mol. The summed E-state index contributed by atoms with van der Waals surface area (Å²) in [4.78, 5) is 4.77. The van der Waals surface area contributed by atoms with Crippen molar-refractivity contribution in [3.63, 3.8) is 0 Å². The van der Waals surface area contributed by atoms with E-state index in [-0.39, 0.29) is 0 Å². The molecule has 0 spiro atoms. The first-order valence-electron chi connectivity index (χ1n) is 11.4. The summed E-state index contributed by atoms with van der Waals surface area (Å²) in [6.07, 6.45) is 13.1. The zero-order valence-corrected chi connectivity index (χ0v) is 18.0. The molecule has 3 rings (SSSR count). The highest BCUT2D eigenvalue weighted by molar-refractivity contribution is 5.30. The average molecular weight is 394 g/mol. The minimum Gasteiger partial charge on any atom is -0.497 e. The molecule has 0 saturated carbocycles. The number of nitrogens with zero attached hydrogens (tertiary/aromatic N) is 1. The van der Waals surface area contributed by atoms with Crippen molar-refractivity contribution in [1.29, 1.82) is 0 Å². The third-order valence-electron chi connectivity index (χ3n) is 6.21. The zero-order chi connectivity index (χ0) is 20.3. The Hall–Kier alpha value is -1.87. The van der Waals surface area contributed by atoms with Crippen molar-refractivity contribution in [2.24, 2.45) is 0 Å². The summed E-state index contributed by atoms with van der Waals surface area (Å²) < 4.78 is 5.32. The molecule has 1 aliphatic carbocycles. The topological polar surface area (TPSA) is 34.1 Å². The molecular formula is C26H37N2O. The van der Waals surface area contributed by atoms with E-state index in [1.165, 1.54) is 61.8 Å². The van der Waals surface area contributed by atoms with Crippen LogP contribution in [0.1, 0.15) is 80.0 Å². The van der Waals surface area contributed by atoms with Crippen LogP contribution in [0.3, 0.4) is 0 Å². The second-order valence-corrected chi connectivity index (χ2v) is 8.31. The van der Waals surface area contributed by atoms with Gasteiger partial charge >= 0.3 is 0 Å². The highest BCUT2D eigenvalue weighted by Gasteiger charge is 2.27. The van der Waals surface area contributed by atoms with Gasteiger partial charge in [0.15, 0.2) is 0 Å². The van der Waals surface area contributed by atoms with Crippen molar-refractivity contribution < 1.29 is 4.74 Å². The second-order valence-electron chi connectivity index (χ2n) is 8.31. The number of benzene rings is 1. The number of aryl methyl sites for hydroxylation is 1. The van der Waals surface area contributed by atoms with Crippen molar-refractivity contribution in [2.45, 2.75) is 69.6 Å². The number of aromatic nitrogens is 1. The highest BCUT2D eigenvalue weighted by atomic mass is 16.5. The van der Waals surface area contributed by atoms with Crippen LogP contribution in [0.25, 0.3) is 0 Å². The Balaban J connectivity index is 1.40. The molecule has 0 aliphatic heterocycles. The lowest BCUT2D eigenvalue weighted by Gasteiger charge is -2.31. The van der Waals surface area contributed by atoms with Crippen molar-refractivity contribution in [1.82, 2.24) is 10.3 Å². The lowest BCUT2D eigenvalue weighted by molar-refractivity contribution is 0.414. The fourth-order valence-corrected chi connectivity index (χ4v) is 4.61.